The lowest BCUT2D eigenvalue weighted by molar-refractivity contribution is -0.287. The van der Waals surface area contributed by atoms with Crippen molar-refractivity contribution in [2.24, 2.45) is 0 Å². The summed E-state index contributed by atoms with van der Waals surface area (Å²) in [6.07, 6.45) is -0.966. The van der Waals surface area contributed by atoms with Gasteiger partial charge in [0.25, 0.3) is 5.56 Å². The van der Waals surface area contributed by atoms with Crippen LogP contribution in [0.4, 0.5) is 14.5 Å². The van der Waals surface area contributed by atoms with Crippen LogP contribution in [0.25, 0.3) is 22.2 Å². The number of anilines is 1. The highest BCUT2D eigenvalue weighted by Crippen LogP contribution is 2.63. The Morgan fingerprint density at radius 1 is 1.16 bits per heavy atom. The summed E-state index contributed by atoms with van der Waals surface area (Å²) in [5.41, 5.74) is 1.53. The Kier molecular flexibility index (Phi) is 4.17. The average Bonchev–Trinajstić information content (AvgIpc) is 3.20. The molecule has 2 aromatic carbocycles. The molecule has 0 atom stereocenters. The summed E-state index contributed by atoms with van der Waals surface area (Å²) in [5, 5.41) is 13.9. The van der Waals surface area contributed by atoms with Gasteiger partial charge in [0.2, 0.25) is 5.91 Å². The molecule has 9 nitrogen and oxygen atoms in total. The van der Waals surface area contributed by atoms with E-state index in [-0.39, 0.29) is 35.6 Å². The van der Waals surface area contributed by atoms with Crippen LogP contribution < -0.4 is 19.9 Å². The van der Waals surface area contributed by atoms with Crippen LogP contribution >= 0.6 is 0 Å². The molecule has 2 aliphatic heterocycles. The number of hydrogen-bond acceptors (Lipinski definition) is 7. The van der Waals surface area contributed by atoms with Crippen molar-refractivity contribution in [1.82, 2.24) is 9.78 Å². The van der Waals surface area contributed by atoms with Crippen LogP contribution in [-0.2, 0) is 16.8 Å². The maximum absolute atomic E-state index is 13.8. The standard InChI is InChI=1S/C26H16F2N4O5/c27-26(28)36-18-5-4-17-20(23(18)37-26)25(7-8-25)13-31(17)19(33)12-32-24(34)16-6-9-35-22(16)21(30-32)15-3-1-2-14(10-15)11-29/h1-6,9-10H,7-8,12-13H2. The summed E-state index contributed by atoms with van der Waals surface area (Å²) in [7, 11) is 0. The van der Waals surface area contributed by atoms with E-state index in [0.29, 0.717) is 40.9 Å². The van der Waals surface area contributed by atoms with Crippen LogP contribution in [0, 0.1) is 11.3 Å². The van der Waals surface area contributed by atoms with Crippen molar-refractivity contribution in [2.45, 2.75) is 31.1 Å². The molecule has 37 heavy (non-hydrogen) atoms. The van der Waals surface area contributed by atoms with Gasteiger partial charge in [0, 0.05) is 23.1 Å². The average molecular weight is 502 g/mol. The van der Waals surface area contributed by atoms with Gasteiger partial charge in [-0.25, -0.2) is 4.68 Å². The third-order valence-corrected chi connectivity index (χ3v) is 7.10. The smallest absolute Gasteiger partial charge is 0.462 e. The fourth-order valence-electron chi connectivity index (χ4n) is 5.25. The Balaban J connectivity index is 1.28. The van der Waals surface area contributed by atoms with Crippen molar-refractivity contribution in [3.63, 3.8) is 0 Å². The van der Waals surface area contributed by atoms with Crippen LogP contribution in [-0.4, -0.2) is 28.5 Å². The number of fused-ring (bicyclic) bond motifs is 5. The Labute approximate surface area is 207 Å². The van der Waals surface area contributed by atoms with Crippen molar-refractivity contribution >= 4 is 22.6 Å². The molecule has 0 saturated heterocycles. The molecule has 1 fully saturated rings. The number of halogens is 2. The molecule has 1 amide bonds. The van der Waals surface area contributed by atoms with Gasteiger partial charge >= 0.3 is 6.29 Å². The summed E-state index contributed by atoms with van der Waals surface area (Å²) in [5.74, 6) is -0.522. The molecular weight excluding hydrogens is 486 g/mol. The van der Waals surface area contributed by atoms with E-state index in [0.717, 1.165) is 4.68 Å². The highest BCUT2D eigenvalue weighted by molar-refractivity contribution is 5.98. The second kappa shape index (κ2) is 7.16. The molecular formula is C26H16F2N4O5. The monoisotopic (exact) mass is 502 g/mol. The summed E-state index contributed by atoms with van der Waals surface area (Å²) >= 11 is 0. The second-order valence-electron chi connectivity index (χ2n) is 9.38. The van der Waals surface area contributed by atoms with Gasteiger partial charge in [-0.05, 0) is 43.2 Å². The zero-order valence-corrected chi connectivity index (χ0v) is 19.0. The van der Waals surface area contributed by atoms with Crippen LogP contribution in [0.15, 0.2) is 57.9 Å². The highest BCUT2D eigenvalue weighted by Gasteiger charge is 2.58. The van der Waals surface area contributed by atoms with Crippen molar-refractivity contribution in [2.75, 3.05) is 11.4 Å². The lowest BCUT2D eigenvalue weighted by Gasteiger charge is -2.18. The Bertz CT molecular complexity index is 1750. The van der Waals surface area contributed by atoms with Gasteiger partial charge in [-0.1, -0.05) is 12.1 Å². The molecule has 7 rings (SSSR count). The molecule has 1 aliphatic carbocycles. The van der Waals surface area contributed by atoms with Crippen LogP contribution in [0.5, 0.6) is 11.5 Å². The molecule has 4 aromatic rings. The zero-order valence-electron chi connectivity index (χ0n) is 19.0. The number of rotatable bonds is 3. The molecule has 0 N–H and O–H groups in total. The van der Waals surface area contributed by atoms with E-state index in [1.54, 1.807) is 30.3 Å². The maximum atomic E-state index is 13.8. The summed E-state index contributed by atoms with van der Waals surface area (Å²) in [4.78, 5) is 28.2. The van der Waals surface area contributed by atoms with E-state index in [1.807, 2.05) is 0 Å². The Hall–Kier alpha value is -4.72. The number of ether oxygens (including phenoxy) is 2. The molecule has 1 spiro atoms. The van der Waals surface area contributed by atoms with Gasteiger partial charge in [0.15, 0.2) is 17.1 Å². The molecule has 0 bridgehead atoms. The number of hydrogen-bond donors (Lipinski definition) is 0. The van der Waals surface area contributed by atoms with Crippen LogP contribution in [0.3, 0.4) is 0 Å². The lowest BCUT2D eigenvalue weighted by atomic mass is 9.97. The summed E-state index contributed by atoms with van der Waals surface area (Å²) < 4.78 is 43.6. The first-order valence-electron chi connectivity index (χ1n) is 11.5. The molecule has 184 valence electrons. The molecule has 0 radical (unpaired) electrons. The van der Waals surface area contributed by atoms with E-state index in [1.165, 1.54) is 23.3 Å². The Morgan fingerprint density at radius 3 is 2.78 bits per heavy atom. The van der Waals surface area contributed by atoms with Gasteiger partial charge in [-0.3, -0.25) is 9.59 Å². The van der Waals surface area contributed by atoms with Crippen molar-refractivity contribution in [3.8, 4) is 28.8 Å². The first-order chi connectivity index (χ1) is 17.8. The quantitative estimate of drug-likeness (QED) is 0.417. The first-order valence-corrected chi connectivity index (χ1v) is 11.5. The van der Waals surface area contributed by atoms with Crippen molar-refractivity contribution in [3.05, 3.63) is 70.2 Å². The number of nitriles is 1. The van der Waals surface area contributed by atoms with Gasteiger partial charge < -0.3 is 18.8 Å². The maximum Gasteiger partial charge on any atom is 0.586 e. The van der Waals surface area contributed by atoms with Crippen LogP contribution in [0.2, 0.25) is 0 Å². The normalized spacial score (nSPS) is 17.7. The molecule has 1 saturated carbocycles. The zero-order chi connectivity index (χ0) is 25.5. The van der Waals surface area contributed by atoms with Crippen molar-refractivity contribution in [1.29, 1.82) is 5.26 Å². The number of benzene rings is 2. The van der Waals surface area contributed by atoms with E-state index >= 15 is 0 Å². The highest BCUT2D eigenvalue weighted by atomic mass is 19.3. The predicted molar refractivity (Wildman–Crippen MR) is 124 cm³/mol. The number of furan rings is 1. The number of amides is 1. The van der Waals surface area contributed by atoms with Gasteiger partial charge in [-0.2, -0.15) is 10.4 Å². The number of carbonyl (C=O) groups excluding carboxylic acids is 1. The van der Waals surface area contributed by atoms with E-state index in [9.17, 15) is 23.6 Å². The number of aromatic nitrogens is 2. The minimum absolute atomic E-state index is 0.0370. The minimum Gasteiger partial charge on any atom is -0.462 e. The number of alkyl halides is 2. The summed E-state index contributed by atoms with van der Waals surface area (Å²) in [6.45, 7) is -0.0999. The van der Waals surface area contributed by atoms with E-state index in [4.69, 9.17) is 9.15 Å². The van der Waals surface area contributed by atoms with Crippen molar-refractivity contribution < 1.29 is 27.5 Å². The molecule has 4 heterocycles. The molecule has 3 aliphatic rings. The number of carbonyl (C=O) groups is 1. The fourth-order valence-corrected chi connectivity index (χ4v) is 5.25. The predicted octanol–water partition coefficient (Wildman–Crippen LogP) is 3.93. The first kappa shape index (κ1) is 21.6. The van der Waals surface area contributed by atoms with Gasteiger partial charge in [0.1, 0.15) is 12.2 Å². The van der Waals surface area contributed by atoms with E-state index < -0.39 is 23.2 Å². The largest absolute Gasteiger partial charge is 0.586 e. The Morgan fingerprint density at radius 2 is 2.00 bits per heavy atom. The van der Waals surface area contributed by atoms with Gasteiger partial charge in [0.05, 0.1) is 29.0 Å². The second-order valence-corrected chi connectivity index (χ2v) is 9.38. The third kappa shape index (κ3) is 3.15. The molecule has 11 heteroatoms. The van der Waals surface area contributed by atoms with Gasteiger partial charge in [-0.15, -0.1) is 8.78 Å². The summed E-state index contributed by atoms with van der Waals surface area (Å²) in [6, 6.07) is 13.2. The molecule has 0 unspecified atom stereocenters. The fraction of sp³-hybridized carbons (Fsp3) is 0.231. The minimum atomic E-state index is -3.76. The number of nitrogens with zero attached hydrogens (tertiary/aromatic N) is 4. The SMILES string of the molecule is N#Cc1cccc(-c2nn(CC(=O)N3CC4(CC4)c4c3ccc3c4OC(F)(F)O3)c(=O)c3ccoc23)c1. The lowest BCUT2D eigenvalue weighted by Crippen LogP contribution is -2.37. The van der Waals surface area contributed by atoms with Crippen LogP contribution in [0.1, 0.15) is 24.0 Å². The molecule has 2 aromatic heterocycles. The van der Waals surface area contributed by atoms with E-state index in [2.05, 4.69) is 15.9 Å². The topological polar surface area (TPSA) is 111 Å². The third-order valence-electron chi connectivity index (χ3n) is 7.10.